The van der Waals surface area contributed by atoms with Crippen LogP contribution in [0.25, 0.3) is 10.8 Å². The van der Waals surface area contributed by atoms with Crippen molar-refractivity contribution in [3.8, 4) is 5.75 Å². The number of benzene rings is 2. The molecular weight excluding hydrogens is 338 g/mol. The lowest BCUT2D eigenvalue weighted by Gasteiger charge is -2.17. The monoisotopic (exact) mass is 371 g/mol. The molecule has 0 aliphatic heterocycles. The number of nitrogens with one attached hydrogen (secondary N) is 1. The van der Waals surface area contributed by atoms with Crippen LogP contribution in [-0.4, -0.2) is 24.2 Å². The molecule has 0 aliphatic carbocycles. The van der Waals surface area contributed by atoms with Crippen LogP contribution < -0.4 is 10.1 Å². The molecule has 0 heterocycles. The number of ether oxygens (including phenoxy) is 1. The molecule has 0 saturated carbocycles. The Kier molecular flexibility index (Phi) is 9.12. The highest BCUT2D eigenvalue weighted by molar-refractivity contribution is 5.90. The minimum Gasteiger partial charge on any atom is -0.493 e. The van der Waals surface area contributed by atoms with E-state index in [1.165, 1.54) is 48.4 Å². The van der Waals surface area contributed by atoms with Crippen molar-refractivity contribution < 1.29 is 14.6 Å². The van der Waals surface area contributed by atoms with E-state index in [2.05, 4.69) is 37.4 Å². The summed E-state index contributed by atoms with van der Waals surface area (Å²) in [6.07, 6.45) is 7.57. The van der Waals surface area contributed by atoms with Crippen LogP contribution in [0, 0.1) is 6.92 Å². The van der Waals surface area contributed by atoms with Crippen LogP contribution >= 0.6 is 0 Å². The Morgan fingerprint density at radius 1 is 1.07 bits per heavy atom. The normalized spacial score (nSPS) is 11.0. The van der Waals surface area contributed by atoms with Crippen molar-refractivity contribution in [2.45, 2.75) is 65.3 Å². The summed E-state index contributed by atoms with van der Waals surface area (Å²) in [5.41, 5.74) is 2.32. The average molecular weight is 372 g/mol. The van der Waals surface area contributed by atoms with Gasteiger partial charge in [-0.3, -0.25) is 4.79 Å². The standard InChI is InChI=1S/C23H33NO3/c1-3-4-5-6-7-10-15-27-22-16-18(2)19-11-8-9-12-20(19)21(22)17-24-14-13-23(25)26/h8-9,11-12,16,24H,3-7,10,13-15,17H2,1-2H3,(H,25,26). The van der Waals surface area contributed by atoms with Crippen LogP contribution in [0.1, 0.15) is 63.0 Å². The molecule has 0 spiro atoms. The van der Waals surface area contributed by atoms with Crippen LogP contribution in [0.15, 0.2) is 30.3 Å². The first kappa shape index (κ1) is 21.2. The summed E-state index contributed by atoms with van der Waals surface area (Å²) in [7, 11) is 0. The topological polar surface area (TPSA) is 58.6 Å². The number of fused-ring (bicyclic) bond motifs is 1. The summed E-state index contributed by atoms with van der Waals surface area (Å²) >= 11 is 0. The van der Waals surface area contributed by atoms with Gasteiger partial charge in [-0.25, -0.2) is 0 Å². The summed E-state index contributed by atoms with van der Waals surface area (Å²) in [6, 6.07) is 10.5. The van der Waals surface area contributed by atoms with Gasteiger partial charge in [0.1, 0.15) is 5.75 Å². The number of rotatable bonds is 13. The molecular formula is C23H33NO3. The quantitative estimate of drug-likeness (QED) is 0.460. The predicted molar refractivity (Wildman–Crippen MR) is 112 cm³/mol. The third kappa shape index (κ3) is 6.87. The Hall–Kier alpha value is -2.07. The maximum Gasteiger partial charge on any atom is 0.304 e. The van der Waals surface area contributed by atoms with Gasteiger partial charge in [-0.05, 0) is 35.7 Å². The van der Waals surface area contributed by atoms with E-state index in [0.717, 1.165) is 24.3 Å². The zero-order chi connectivity index (χ0) is 19.5. The fourth-order valence-corrected chi connectivity index (χ4v) is 3.37. The molecule has 0 fully saturated rings. The lowest BCUT2D eigenvalue weighted by Crippen LogP contribution is -2.18. The van der Waals surface area contributed by atoms with Gasteiger partial charge in [-0.2, -0.15) is 0 Å². The maximum absolute atomic E-state index is 10.7. The van der Waals surface area contributed by atoms with E-state index in [0.29, 0.717) is 13.1 Å². The van der Waals surface area contributed by atoms with E-state index in [4.69, 9.17) is 9.84 Å². The van der Waals surface area contributed by atoms with Gasteiger partial charge < -0.3 is 15.2 Å². The van der Waals surface area contributed by atoms with Gasteiger partial charge in [0.05, 0.1) is 13.0 Å². The summed E-state index contributed by atoms with van der Waals surface area (Å²) in [5.74, 6) is 0.137. The van der Waals surface area contributed by atoms with Crippen LogP contribution in [0.5, 0.6) is 5.75 Å². The molecule has 2 aromatic rings. The summed E-state index contributed by atoms with van der Waals surface area (Å²) in [5, 5.41) is 14.5. The Labute approximate surface area is 162 Å². The largest absolute Gasteiger partial charge is 0.493 e. The molecule has 4 heteroatoms. The van der Waals surface area contributed by atoms with Crippen molar-refractivity contribution in [1.82, 2.24) is 5.32 Å². The molecule has 0 atom stereocenters. The van der Waals surface area contributed by atoms with Gasteiger partial charge in [-0.15, -0.1) is 0 Å². The molecule has 27 heavy (non-hydrogen) atoms. The zero-order valence-corrected chi connectivity index (χ0v) is 16.7. The number of aliphatic carboxylic acids is 1. The Balaban J connectivity index is 2.04. The molecule has 2 N–H and O–H groups in total. The number of carboxylic acid groups (broad SMARTS) is 1. The number of carbonyl (C=O) groups is 1. The fraction of sp³-hybridized carbons (Fsp3) is 0.522. The van der Waals surface area contributed by atoms with Crippen molar-refractivity contribution >= 4 is 16.7 Å². The molecule has 0 aliphatic rings. The molecule has 0 unspecified atom stereocenters. The molecule has 2 rings (SSSR count). The third-order valence-electron chi connectivity index (χ3n) is 4.89. The predicted octanol–water partition coefficient (Wildman–Crippen LogP) is 5.45. The molecule has 4 nitrogen and oxygen atoms in total. The van der Waals surface area contributed by atoms with E-state index >= 15 is 0 Å². The van der Waals surface area contributed by atoms with Crippen LogP contribution in [-0.2, 0) is 11.3 Å². The fourth-order valence-electron chi connectivity index (χ4n) is 3.37. The Morgan fingerprint density at radius 3 is 2.52 bits per heavy atom. The van der Waals surface area contributed by atoms with Crippen LogP contribution in [0.4, 0.5) is 0 Å². The summed E-state index contributed by atoms with van der Waals surface area (Å²) in [6.45, 7) is 6.14. The van der Waals surface area contributed by atoms with Gasteiger partial charge in [-0.1, -0.05) is 63.3 Å². The number of hydrogen-bond donors (Lipinski definition) is 2. The van der Waals surface area contributed by atoms with Gasteiger partial charge in [0, 0.05) is 18.7 Å². The number of carboxylic acids is 1. The molecule has 0 radical (unpaired) electrons. The molecule has 148 valence electrons. The minimum atomic E-state index is -0.782. The lowest BCUT2D eigenvalue weighted by atomic mass is 9.99. The van der Waals surface area contributed by atoms with Crippen molar-refractivity contribution in [3.05, 3.63) is 41.5 Å². The van der Waals surface area contributed by atoms with Crippen molar-refractivity contribution in [1.29, 1.82) is 0 Å². The molecule has 0 amide bonds. The first-order valence-corrected chi connectivity index (χ1v) is 10.2. The minimum absolute atomic E-state index is 0.123. The number of aryl methyl sites for hydroxylation is 1. The number of unbranched alkanes of at least 4 members (excludes halogenated alkanes) is 5. The zero-order valence-electron chi connectivity index (χ0n) is 16.7. The molecule has 0 aromatic heterocycles. The van der Waals surface area contributed by atoms with E-state index in [9.17, 15) is 4.79 Å². The van der Waals surface area contributed by atoms with Crippen molar-refractivity contribution in [2.75, 3.05) is 13.2 Å². The van der Waals surface area contributed by atoms with Gasteiger partial charge in [0.25, 0.3) is 0 Å². The highest BCUT2D eigenvalue weighted by atomic mass is 16.5. The van der Waals surface area contributed by atoms with E-state index in [-0.39, 0.29) is 6.42 Å². The van der Waals surface area contributed by atoms with Crippen molar-refractivity contribution in [2.24, 2.45) is 0 Å². The van der Waals surface area contributed by atoms with E-state index in [1.807, 2.05) is 12.1 Å². The second kappa shape index (κ2) is 11.6. The lowest BCUT2D eigenvalue weighted by molar-refractivity contribution is -0.136. The SMILES string of the molecule is CCCCCCCCOc1cc(C)c2ccccc2c1CNCCC(=O)O. The smallest absolute Gasteiger partial charge is 0.304 e. The highest BCUT2D eigenvalue weighted by Gasteiger charge is 2.11. The number of hydrogen-bond acceptors (Lipinski definition) is 3. The average Bonchev–Trinajstić information content (AvgIpc) is 2.66. The molecule has 0 bridgehead atoms. The first-order valence-electron chi connectivity index (χ1n) is 10.2. The second-order valence-corrected chi connectivity index (χ2v) is 7.15. The highest BCUT2D eigenvalue weighted by Crippen LogP contribution is 2.31. The Morgan fingerprint density at radius 2 is 1.78 bits per heavy atom. The van der Waals surface area contributed by atoms with Gasteiger partial charge in [0.2, 0.25) is 0 Å². The van der Waals surface area contributed by atoms with E-state index in [1.54, 1.807) is 0 Å². The molecule has 0 saturated heterocycles. The Bertz CT molecular complexity index is 727. The third-order valence-corrected chi connectivity index (χ3v) is 4.89. The van der Waals surface area contributed by atoms with E-state index < -0.39 is 5.97 Å². The second-order valence-electron chi connectivity index (χ2n) is 7.15. The van der Waals surface area contributed by atoms with Crippen molar-refractivity contribution in [3.63, 3.8) is 0 Å². The maximum atomic E-state index is 10.7. The first-order chi connectivity index (χ1) is 13.1. The van der Waals surface area contributed by atoms with Crippen LogP contribution in [0.2, 0.25) is 0 Å². The van der Waals surface area contributed by atoms with Gasteiger partial charge >= 0.3 is 5.97 Å². The van der Waals surface area contributed by atoms with Crippen LogP contribution in [0.3, 0.4) is 0 Å². The molecule has 2 aromatic carbocycles. The van der Waals surface area contributed by atoms with Gasteiger partial charge in [0.15, 0.2) is 0 Å². The summed E-state index contributed by atoms with van der Waals surface area (Å²) in [4.78, 5) is 10.7. The summed E-state index contributed by atoms with van der Waals surface area (Å²) < 4.78 is 6.15.